The Morgan fingerprint density at radius 3 is 2.71 bits per heavy atom. The minimum Gasteiger partial charge on any atom is -0.354 e. The maximum atomic E-state index is 4.43. The van der Waals surface area contributed by atoms with Gasteiger partial charge in [0.1, 0.15) is 18.5 Å². The van der Waals surface area contributed by atoms with Gasteiger partial charge in [0.25, 0.3) is 5.95 Å². The largest absolute Gasteiger partial charge is 0.354 e. The van der Waals surface area contributed by atoms with E-state index in [4.69, 9.17) is 0 Å². The lowest BCUT2D eigenvalue weighted by molar-refractivity contribution is 0.759. The topological polar surface area (TPSA) is 99.2 Å². The zero-order valence-corrected chi connectivity index (χ0v) is 11.8. The number of anilines is 1. The maximum Gasteiger partial charge on any atom is 0.258 e. The van der Waals surface area contributed by atoms with Crippen molar-refractivity contribution in [1.29, 1.82) is 0 Å². The van der Waals surface area contributed by atoms with E-state index in [0.29, 0.717) is 24.4 Å². The first-order valence-corrected chi connectivity index (χ1v) is 6.69. The van der Waals surface area contributed by atoms with E-state index in [2.05, 4.69) is 35.3 Å². The zero-order valence-electron chi connectivity index (χ0n) is 11.8. The summed E-state index contributed by atoms with van der Waals surface area (Å²) in [5.41, 5.74) is 0. The summed E-state index contributed by atoms with van der Waals surface area (Å²) in [6.45, 7) is 4.72. The highest BCUT2D eigenvalue weighted by Gasteiger charge is 2.12. The van der Waals surface area contributed by atoms with Crippen molar-refractivity contribution in [3.05, 3.63) is 30.9 Å². The molecule has 0 saturated heterocycles. The third-order valence-electron chi connectivity index (χ3n) is 2.82. The van der Waals surface area contributed by atoms with Crippen molar-refractivity contribution in [2.75, 3.05) is 11.9 Å². The summed E-state index contributed by atoms with van der Waals surface area (Å²) in [5, 5.41) is 7.15. The van der Waals surface area contributed by atoms with Gasteiger partial charge in [0.2, 0.25) is 11.9 Å². The monoisotopic (exact) mass is 285 g/mol. The molecule has 1 N–H and O–H groups in total. The number of nitrogens with one attached hydrogen (secondary N) is 1. The number of aryl methyl sites for hydroxylation is 1. The molecule has 21 heavy (non-hydrogen) atoms. The van der Waals surface area contributed by atoms with Gasteiger partial charge >= 0.3 is 0 Å². The highest BCUT2D eigenvalue weighted by Crippen LogP contribution is 2.11. The van der Waals surface area contributed by atoms with Crippen LogP contribution in [0, 0.1) is 0 Å². The van der Waals surface area contributed by atoms with Gasteiger partial charge in [0.05, 0.1) is 0 Å². The van der Waals surface area contributed by atoms with Gasteiger partial charge in [-0.25, -0.2) is 9.97 Å². The molecule has 0 aliphatic heterocycles. The first kappa shape index (κ1) is 13.2. The van der Waals surface area contributed by atoms with E-state index in [-0.39, 0.29) is 0 Å². The maximum absolute atomic E-state index is 4.43. The lowest BCUT2D eigenvalue weighted by Gasteiger charge is -2.09. The molecule has 0 unspecified atom stereocenters. The SMILES string of the molecule is CCNc1nc(-n2cncn2)nc(-n2ccnc2CC)n1. The van der Waals surface area contributed by atoms with Gasteiger partial charge in [-0.3, -0.25) is 4.57 Å². The summed E-state index contributed by atoms with van der Waals surface area (Å²) in [4.78, 5) is 21.4. The van der Waals surface area contributed by atoms with E-state index >= 15 is 0 Å². The van der Waals surface area contributed by atoms with E-state index in [0.717, 1.165) is 12.2 Å². The van der Waals surface area contributed by atoms with Crippen LogP contribution in [0.2, 0.25) is 0 Å². The van der Waals surface area contributed by atoms with Crippen LogP contribution in [0.4, 0.5) is 5.95 Å². The van der Waals surface area contributed by atoms with Crippen LogP contribution in [0.5, 0.6) is 0 Å². The minimum atomic E-state index is 0.407. The second-order valence-electron chi connectivity index (χ2n) is 4.20. The summed E-state index contributed by atoms with van der Waals surface area (Å²) < 4.78 is 3.33. The summed E-state index contributed by atoms with van der Waals surface area (Å²) >= 11 is 0. The number of aromatic nitrogens is 8. The van der Waals surface area contributed by atoms with Crippen LogP contribution in [-0.4, -0.2) is 45.8 Å². The van der Waals surface area contributed by atoms with Gasteiger partial charge in [-0.2, -0.15) is 24.7 Å². The van der Waals surface area contributed by atoms with Gasteiger partial charge in [0, 0.05) is 25.4 Å². The molecule has 0 atom stereocenters. The van der Waals surface area contributed by atoms with E-state index < -0.39 is 0 Å². The Balaban J connectivity index is 2.11. The van der Waals surface area contributed by atoms with E-state index in [9.17, 15) is 0 Å². The molecule has 3 rings (SSSR count). The van der Waals surface area contributed by atoms with Crippen molar-refractivity contribution in [1.82, 2.24) is 39.3 Å². The molecule has 3 heterocycles. The molecule has 3 aromatic heterocycles. The van der Waals surface area contributed by atoms with Crippen molar-refractivity contribution in [3.8, 4) is 11.9 Å². The van der Waals surface area contributed by atoms with Crippen LogP contribution in [0.3, 0.4) is 0 Å². The lowest BCUT2D eigenvalue weighted by Crippen LogP contribution is -2.13. The highest BCUT2D eigenvalue weighted by atomic mass is 15.4. The fraction of sp³-hybridized carbons (Fsp3) is 0.333. The van der Waals surface area contributed by atoms with Gasteiger partial charge in [-0.15, -0.1) is 0 Å². The molecule has 0 aliphatic carbocycles. The molecule has 0 amide bonds. The van der Waals surface area contributed by atoms with E-state index in [1.165, 1.54) is 11.0 Å². The van der Waals surface area contributed by atoms with Crippen molar-refractivity contribution in [2.45, 2.75) is 20.3 Å². The molecule has 0 saturated carbocycles. The molecule has 0 aromatic carbocycles. The standard InChI is InChI=1S/C12H15N9/c1-3-9-15-5-6-20(9)11-17-10(14-4-2)18-12(19-11)21-8-13-7-16-21/h5-8H,3-4H2,1-2H3,(H,14,17,18,19). The molecule has 3 aromatic rings. The fourth-order valence-electron chi connectivity index (χ4n) is 1.89. The number of nitrogens with zero attached hydrogens (tertiary/aromatic N) is 8. The van der Waals surface area contributed by atoms with Crippen LogP contribution >= 0.6 is 0 Å². The first-order valence-electron chi connectivity index (χ1n) is 6.69. The molecule has 9 nitrogen and oxygen atoms in total. The summed E-state index contributed by atoms with van der Waals surface area (Å²) in [6, 6.07) is 0. The number of rotatable bonds is 5. The third-order valence-corrected chi connectivity index (χ3v) is 2.82. The van der Waals surface area contributed by atoms with E-state index in [1.807, 2.05) is 24.6 Å². The first-order chi connectivity index (χ1) is 10.3. The molecule has 0 fully saturated rings. The average molecular weight is 285 g/mol. The van der Waals surface area contributed by atoms with E-state index in [1.54, 1.807) is 12.5 Å². The van der Waals surface area contributed by atoms with Gasteiger partial charge in [-0.1, -0.05) is 6.92 Å². The van der Waals surface area contributed by atoms with Gasteiger partial charge in [0.15, 0.2) is 0 Å². The number of hydrogen-bond acceptors (Lipinski definition) is 7. The Hall–Kier alpha value is -2.84. The third kappa shape index (κ3) is 2.57. The Kier molecular flexibility index (Phi) is 3.54. The molecule has 0 aliphatic rings. The number of imidazole rings is 1. The molecule has 0 bridgehead atoms. The Bertz CT molecular complexity index is 716. The molecule has 9 heteroatoms. The Morgan fingerprint density at radius 2 is 2.00 bits per heavy atom. The molecular formula is C12H15N9. The lowest BCUT2D eigenvalue weighted by atomic mass is 10.4. The van der Waals surface area contributed by atoms with Crippen LogP contribution in [0.15, 0.2) is 25.0 Å². The second kappa shape index (κ2) is 5.65. The van der Waals surface area contributed by atoms with Crippen molar-refractivity contribution in [3.63, 3.8) is 0 Å². The van der Waals surface area contributed by atoms with Crippen LogP contribution < -0.4 is 5.32 Å². The fourth-order valence-corrected chi connectivity index (χ4v) is 1.89. The Labute approximate surface area is 121 Å². The quantitative estimate of drug-likeness (QED) is 0.734. The molecule has 0 radical (unpaired) electrons. The molecule has 108 valence electrons. The predicted molar refractivity (Wildman–Crippen MR) is 75.4 cm³/mol. The highest BCUT2D eigenvalue weighted by molar-refractivity contribution is 5.33. The van der Waals surface area contributed by atoms with Crippen LogP contribution in [-0.2, 0) is 6.42 Å². The minimum absolute atomic E-state index is 0.407. The van der Waals surface area contributed by atoms with Crippen molar-refractivity contribution in [2.24, 2.45) is 0 Å². The summed E-state index contributed by atoms with van der Waals surface area (Å²) in [6.07, 6.45) is 7.32. The van der Waals surface area contributed by atoms with Crippen molar-refractivity contribution < 1.29 is 0 Å². The number of hydrogen-bond donors (Lipinski definition) is 1. The normalized spacial score (nSPS) is 10.8. The van der Waals surface area contributed by atoms with Crippen LogP contribution in [0.1, 0.15) is 19.7 Å². The van der Waals surface area contributed by atoms with Crippen molar-refractivity contribution >= 4 is 5.95 Å². The van der Waals surface area contributed by atoms with Gasteiger partial charge in [-0.05, 0) is 6.92 Å². The summed E-state index contributed by atoms with van der Waals surface area (Å²) in [7, 11) is 0. The van der Waals surface area contributed by atoms with Gasteiger partial charge < -0.3 is 5.32 Å². The molecular weight excluding hydrogens is 270 g/mol. The smallest absolute Gasteiger partial charge is 0.258 e. The zero-order chi connectivity index (χ0) is 14.7. The summed E-state index contributed by atoms with van der Waals surface area (Å²) in [5.74, 6) is 2.28. The second-order valence-corrected chi connectivity index (χ2v) is 4.20. The van der Waals surface area contributed by atoms with Crippen LogP contribution in [0.25, 0.3) is 11.9 Å². The molecule has 0 spiro atoms. The predicted octanol–water partition coefficient (Wildman–Crippen LogP) is 0.632. The average Bonchev–Trinajstić information content (AvgIpc) is 3.18. The Morgan fingerprint density at radius 1 is 1.14 bits per heavy atom.